The van der Waals surface area contributed by atoms with E-state index in [1.165, 1.54) is 0 Å². The Kier molecular flexibility index (Phi) is 4.00. The zero-order valence-electron chi connectivity index (χ0n) is 5.09. The highest BCUT2D eigenvalue weighted by Crippen LogP contribution is 1.83. The number of halogens is 1. The summed E-state index contributed by atoms with van der Waals surface area (Å²) in [5.74, 6) is 0. The van der Waals surface area contributed by atoms with Crippen molar-refractivity contribution in [2.45, 2.75) is 6.54 Å². The lowest BCUT2D eigenvalue weighted by molar-refractivity contribution is 0.781. The van der Waals surface area contributed by atoms with Crippen LogP contribution >= 0.6 is 12.4 Å². The van der Waals surface area contributed by atoms with Crippen molar-refractivity contribution in [3.8, 4) is 0 Å². The summed E-state index contributed by atoms with van der Waals surface area (Å²) in [6.45, 7) is 0.774. The Balaban J connectivity index is 0.000000640. The predicted octanol–water partition coefficient (Wildman–Crippen LogP) is -0.0541. The number of nitrogens with zero attached hydrogens (tertiary/aromatic N) is 2. The van der Waals surface area contributed by atoms with E-state index in [1.807, 2.05) is 7.05 Å². The third kappa shape index (κ3) is 2.43. The van der Waals surface area contributed by atoms with E-state index >= 15 is 0 Å². The molecule has 0 bridgehead atoms. The van der Waals surface area contributed by atoms with E-state index in [2.05, 4.69) is 20.7 Å². The van der Waals surface area contributed by atoms with Gasteiger partial charge in [0.15, 0.2) is 0 Å². The van der Waals surface area contributed by atoms with Crippen LogP contribution in [0.4, 0.5) is 0 Å². The molecule has 0 saturated carbocycles. The van der Waals surface area contributed by atoms with Crippen LogP contribution in [0, 0.1) is 0 Å². The van der Waals surface area contributed by atoms with Gasteiger partial charge in [-0.25, -0.2) is 0 Å². The van der Waals surface area contributed by atoms with E-state index in [9.17, 15) is 0 Å². The van der Waals surface area contributed by atoms with Crippen LogP contribution in [-0.4, -0.2) is 22.5 Å². The average Bonchev–Trinajstić information content (AvgIpc) is 2.19. The van der Waals surface area contributed by atoms with E-state index in [1.54, 1.807) is 6.20 Å². The molecule has 1 rings (SSSR count). The maximum atomic E-state index is 3.81. The molecule has 0 aromatic carbocycles. The Hall–Kier alpha value is -0.610. The van der Waals surface area contributed by atoms with E-state index in [-0.39, 0.29) is 12.4 Å². The second-order valence-electron chi connectivity index (χ2n) is 1.49. The molecule has 0 radical (unpaired) electrons. The molecule has 0 saturated heterocycles. The standard InChI is InChI=1S/C4H8N4.ClH/c1-5-2-4-3-6-8-7-4;/h3,5H,2H2,1H3,(H,6,7,8);1H. The highest BCUT2D eigenvalue weighted by Gasteiger charge is 1.88. The number of hydrogen-bond acceptors (Lipinski definition) is 3. The summed E-state index contributed by atoms with van der Waals surface area (Å²) in [5.41, 5.74) is 0.938. The van der Waals surface area contributed by atoms with E-state index in [0.29, 0.717) is 0 Å². The van der Waals surface area contributed by atoms with Crippen LogP contribution in [0.2, 0.25) is 0 Å². The van der Waals surface area contributed by atoms with Gasteiger partial charge >= 0.3 is 0 Å². The zero-order valence-corrected chi connectivity index (χ0v) is 5.90. The zero-order chi connectivity index (χ0) is 5.82. The fourth-order valence-corrected chi connectivity index (χ4v) is 0.492. The van der Waals surface area contributed by atoms with Crippen molar-refractivity contribution in [3.05, 3.63) is 11.9 Å². The van der Waals surface area contributed by atoms with Gasteiger partial charge in [0.05, 0.1) is 11.9 Å². The summed E-state index contributed by atoms with van der Waals surface area (Å²) in [4.78, 5) is 0. The Bertz CT molecular complexity index is 138. The van der Waals surface area contributed by atoms with Gasteiger partial charge in [0.1, 0.15) is 0 Å². The van der Waals surface area contributed by atoms with Gasteiger partial charge in [0, 0.05) is 6.54 Å². The van der Waals surface area contributed by atoms with Crippen LogP contribution < -0.4 is 5.32 Å². The number of hydrogen-bond donors (Lipinski definition) is 2. The SMILES string of the molecule is CNCc1cn[nH]n1.Cl. The van der Waals surface area contributed by atoms with Gasteiger partial charge < -0.3 is 5.32 Å². The molecule has 4 nitrogen and oxygen atoms in total. The minimum absolute atomic E-state index is 0. The third-order valence-electron chi connectivity index (χ3n) is 0.823. The van der Waals surface area contributed by atoms with Crippen molar-refractivity contribution >= 4 is 12.4 Å². The minimum atomic E-state index is 0. The molecule has 1 aromatic rings. The van der Waals surface area contributed by atoms with E-state index < -0.39 is 0 Å². The molecule has 0 aliphatic heterocycles. The van der Waals surface area contributed by atoms with Crippen molar-refractivity contribution in [1.29, 1.82) is 0 Å². The quantitative estimate of drug-likeness (QED) is 0.618. The average molecular weight is 149 g/mol. The van der Waals surface area contributed by atoms with Crippen molar-refractivity contribution in [3.63, 3.8) is 0 Å². The molecule has 5 heteroatoms. The summed E-state index contributed by atoms with van der Waals surface area (Å²) < 4.78 is 0. The highest BCUT2D eigenvalue weighted by atomic mass is 35.5. The van der Waals surface area contributed by atoms with Crippen LogP contribution in [0.3, 0.4) is 0 Å². The minimum Gasteiger partial charge on any atom is -0.314 e. The Labute approximate surface area is 59.4 Å². The smallest absolute Gasteiger partial charge is 0.0962 e. The van der Waals surface area contributed by atoms with Gasteiger partial charge in [-0.3, -0.25) is 0 Å². The van der Waals surface area contributed by atoms with Crippen molar-refractivity contribution in [1.82, 2.24) is 20.7 Å². The maximum Gasteiger partial charge on any atom is 0.0962 e. The number of nitrogens with one attached hydrogen (secondary N) is 2. The molecule has 0 amide bonds. The molecule has 0 unspecified atom stereocenters. The Morgan fingerprint density at radius 3 is 3.00 bits per heavy atom. The summed E-state index contributed by atoms with van der Waals surface area (Å²) in [6, 6.07) is 0. The first kappa shape index (κ1) is 8.39. The fourth-order valence-electron chi connectivity index (χ4n) is 0.492. The van der Waals surface area contributed by atoms with E-state index in [0.717, 1.165) is 12.2 Å². The third-order valence-corrected chi connectivity index (χ3v) is 0.823. The second-order valence-corrected chi connectivity index (χ2v) is 1.49. The summed E-state index contributed by atoms with van der Waals surface area (Å²) in [5, 5.41) is 12.9. The lowest BCUT2D eigenvalue weighted by atomic mass is 10.5. The normalized spacial score (nSPS) is 8.56. The lowest BCUT2D eigenvalue weighted by Gasteiger charge is -1.86. The monoisotopic (exact) mass is 148 g/mol. The number of H-pyrrole nitrogens is 1. The van der Waals surface area contributed by atoms with Gasteiger partial charge in [-0.05, 0) is 7.05 Å². The molecule has 0 spiro atoms. The number of rotatable bonds is 2. The van der Waals surface area contributed by atoms with E-state index in [4.69, 9.17) is 0 Å². The predicted molar refractivity (Wildman–Crippen MR) is 36.4 cm³/mol. The lowest BCUT2D eigenvalue weighted by Crippen LogP contribution is -2.04. The van der Waals surface area contributed by atoms with Gasteiger partial charge in [0.25, 0.3) is 0 Å². The molecule has 52 valence electrons. The number of aromatic amines is 1. The van der Waals surface area contributed by atoms with Crippen LogP contribution in [-0.2, 0) is 6.54 Å². The Morgan fingerprint density at radius 2 is 2.56 bits per heavy atom. The first-order chi connectivity index (χ1) is 3.93. The second kappa shape index (κ2) is 4.29. The molecule has 0 fully saturated rings. The molecule has 9 heavy (non-hydrogen) atoms. The molecular formula is C4H9ClN4. The van der Waals surface area contributed by atoms with Crippen LogP contribution in [0.15, 0.2) is 6.20 Å². The highest BCUT2D eigenvalue weighted by molar-refractivity contribution is 5.85. The van der Waals surface area contributed by atoms with Gasteiger partial charge in [0.2, 0.25) is 0 Å². The van der Waals surface area contributed by atoms with Crippen molar-refractivity contribution in [2.24, 2.45) is 0 Å². The van der Waals surface area contributed by atoms with Gasteiger partial charge in [-0.2, -0.15) is 15.4 Å². The topological polar surface area (TPSA) is 53.6 Å². The molecule has 1 heterocycles. The van der Waals surface area contributed by atoms with Gasteiger partial charge in [-0.15, -0.1) is 12.4 Å². The van der Waals surface area contributed by atoms with Crippen LogP contribution in [0.1, 0.15) is 5.69 Å². The van der Waals surface area contributed by atoms with Gasteiger partial charge in [-0.1, -0.05) is 0 Å². The molecular weight excluding hydrogens is 140 g/mol. The molecule has 0 atom stereocenters. The largest absolute Gasteiger partial charge is 0.314 e. The summed E-state index contributed by atoms with van der Waals surface area (Å²) >= 11 is 0. The Morgan fingerprint density at radius 1 is 1.78 bits per heavy atom. The van der Waals surface area contributed by atoms with Crippen molar-refractivity contribution in [2.75, 3.05) is 7.05 Å². The summed E-state index contributed by atoms with van der Waals surface area (Å²) in [7, 11) is 1.87. The summed E-state index contributed by atoms with van der Waals surface area (Å²) in [6.07, 6.45) is 1.69. The van der Waals surface area contributed by atoms with Crippen LogP contribution in [0.25, 0.3) is 0 Å². The maximum absolute atomic E-state index is 3.81. The number of aromatic nitrogens is 3. The molecule has 1 aromatic heterocycles. The van der Waals surface area contributed by atoms with Crippen LogP contribution in [0.5, 0.6) is 0 Å². The fraction of sp³-hybridized carbons (Fsp3) is 0.500. The van der Waals surface area contributed by atoms with Crippen molar-refractivity contribution < 1.29 is 0 Å². The first-order valence-corrected chi connectivity index (χ1v) is 2.42. The molecule has 2 N–H and O–H groups in total. The molecule has 0 aliphatic carbocycles. The first-order valence-electron chi connectivity index (χ1n) is 2.42. The molecule has 0 aliphatic rings.